The maximum absolute atomic E-state index is 12.4. The summed E-state index contributed by atoms with van der Waals surface area (Å²) in [7, 11) is 3.21. The lowest BCUT2D eigenvalue weighted by molar-refractivity contribution is 0.0656. The van der Waals surface area contributed by atoms with Gasteiger partial charge in [0.15, 0.2) is 5.75 Å². The van der Waals surface area contributed by atoms with E-state index in [1.54, 1.807) is 21.1 Å². The molecule has 1 atom stereocenters. The number of pyridine rings is 1. The quantitative estimate of drug-likeness (QED) is 0.583. The molecule has 0 aliphatic rings. The zero-order valence-corrected chi connectivity index (χ0v) is 17.2. The number of aromatic nitrogens is 1. The van der Waals surface area contributed by atoms with Gasteiger partial charge in [0.05, 0.1) is 32.2 Å². The lowest BCUT2D eigenvalue weighted by atomic mass is 10.2. The second-order valence-electron chi connectivity index (χ2n) is 6.69. The number of aliphatic hydroxyl groups is 1. The molecule has 1 heterocycles. The molecule has 0 fully saturated rings. The molecular weight excluding hydrogens is 386 g/mol. The summed E-state index contributed by atoms with van der Waals surface area (Å²) in [4.78, 5) is 18.2. The van der Waals surface area contributed by atoms with E-state index in [1.165, 1.54) is 17.0 Å². The zero-order chi connectivity index (χ0) is 21.5. The molecule has 0 saturated heterocycles. The van der Waals surface area contributed by atoms with Crippen molar-refractivity contribution in [3.8, 4) is 17.2 Å². The number of hydrogen-bond acceptors (Lipinski definition) is 6. The van der Waals surface area contributed by atoms with Crippen molar-refractivity contribution in [3.05, 3.63) is 87.8 Å². The Balaban J connectivity index is 1.75. The first kappa shape index (κ1) is 21.3. The molecule has 0 aliphatic heterocycles. The van der Waals surface area contributed by atoms with E-state index in [4.69, 9.17) is 19.0 Å². The highest BCUT2D eigenvalue weighted by atomic mass is 16.7. The molecule has 158 valence electrons. The fourth-order valence-electron chi connectivity index (χ4n) is 2.79. The molecule has 0 bridgehead atoms. The lowest BCUT2D eigenvalue weighted by Crippen LogP contribution is -2.22. The molecule has 0 amide bonds. The number of methoxy groups -OCH3 is 2. The summed E-state index contributed by atoms with van der Waals surface area (Å²) in [5, 5.41) is 10.0. The largest absolute Gasteiger partial charge is 0.497 e. The monoisotopic (exact) mass is 411 g/mol. The fraction of sp³-hybridized carbons (Fsp3) is 0.261. The molecule has 1 unspecified atom stereocenters. The number of nitrogens with zero attached hydrogens (tertiary/aromatic N) is 1. The molecule has 1 N–H and O–H groups in total. The van der Waals surface area contributed by atoms with E-state index in [2.05, 4.69) is 0 Å². The van der Waals surface area contributed by atoms with Crippen molar-refractivity contribution in [2.24, 2.45) is 0 Å². The minimum Gasteiger partial charge on any atom is -0.497 e. The van der Waals surface area contributed by atoms with Gasteiger partial charge in [0, 0.05) is 6.07 Å². The molecule has 7 nitrogen and oxygen atoms in total. The van der Waals surface area contributed by atoms with Crippen LogP contribution in [0.5, 0.6) is 17.2 Å². The topological polar surface area (TPSA) is 79.2 Å². The van der Waals surface area contributed by atoms with Gasteiger partial charge in [-0.05, 0) is 42.3 Å². The summed E-state index contributed by atoms with van der Waals surface area (Å²) < 4.78 is 17.4. The van der Waals surface area contributed by atoms with E-state index in [9.17, 15) is 9.90 Å². The van der Waals surface area contributed by atoms with E-state index in [1.807, 2.05) is 48.5 Å². The molecule has 0 saturated carbocycles. The van der Waals surface area contributed by atoms with Gasteiger partial charge in [0.1, 0.15) is 24.7 Å². The van der Waals surface area contributed by atoms with Crippen LogP contribution in [0.2, 0.25) is 0 Å². The van der Waals surface area contributed by atoms with Crippen molar-refractivity contribution in [2.45, 2.75) is 26.2 Å². The van der Waals surface area contributed by atoms with Crippen LogP contribution in [0.3, 0.4) is 0 Å². The predicted octanol–water partition coefficient (Wildman–Crippen LogP) is 3.13. The van der Waals surface area contributed by atoms with E-state index in [0.717, 1.165) is 22.6 Å². The number of rotatable bonds is 9. The Morgan fingerprint density at radius 3 is 1.93 bits per heavy atom. The van der Waals surface area contributed by atoms with Gasteiger partial charge in [-0.1, -0.05) is 24.3 Å². The SMILES string of the molecule is COc1ccc(COc2cn(OCc3ccc(OC)cc3)c(C(C)O)cc2=O)cc1. The highest BCUT2D eigenvalue weighted by Gasteiger charge is 2.13. The maximum Gasteiger partial charge on any atom is 0.224 e. The highest BCUT2D eigenvalue weighted by Crippen LogP contribution is 2.17. The molecular formula is C23H25NO6. The van der Waals surface area contributed by atoms with Crippen LogP contribution in [0.1, 0.15) is 29.8 Å². The van der Waals surface area contributed by atoms with Crippen molar-refractivity contribution >= 4 is 0 Å². The van der Waals surface area contributed by atoms with Gasteiger partial charge in [-0.15, -0.1) is 0 Å². The molecule has 30 heavy (non-hydrogen) atoms. The Morgan fingerprint density at radius 2 is 1.43 bits per heavy atom. The fourth-order valence-corrected chi connectivity index (χ4v) is 2.79. The van der Waals surface area contributed by atoms with Crippen molar-refractivity contribution in [1.29, 1.82) is 0 Å². The van der Waals surface area contributed by atoms with Gasteiger partial charge in [-0.3, -0.25) is 4.79 Å². The molecule has 7 heteroatoms. The van der Waals surface area contributed by atoms with Crippen LogP contribution in [-0.4, -0.2) is 24.1 Å². The molecule has 3 aromatic rings. The van der Waals surface area contributed by atoms with Gasteiger partial charge >= 0.3 is 0 Å². The Hall–Kier alpha value is -3.45. The van der Waals surface area contributed by atoms with E-state index < -0.39 is 6.10 Å². The lowest BCUT2D eigenvalue weighted by Gasteiger charge is -2.18. The van der Waals surface area contributed by atoms with Crippen LogP contribution in [0.4, 0.5) is 0 Å². The molecule has 0 aliphatic carbocycles. The maximum atomic E-state index is 12.4. The molecule has 0 radical (unpaired) electrons. The van der Waals surface area contributed by atoms with Crippen molar-refractivity contribution in [1.82, 2.24) is 4.73 Å². The van der Waals surface area contributed by atoms with Crippen LogP contribution < -0.4 is 24.5 Å². The van der Waals surface area contributed by atoms with Gasteiger partial charge in [-0.25, -0.2) is 0 Å². The third-order valence-corrected chi connectivity index (χ3v) is 4.52. The predicted molar refractivity (Wildman–Crippen MR) is 112 cm³/mol. The minimum absolute atomic E-state index is 0.130. The molecule has 2 aromatic carbocycles. The Kier molecular flexibility index (Phi) is 6.98. The summed E-state index contributed by atoms with van der Waals surface area (Å²) in [5.41, 5.74) is 1.81. The van der Waals surface area contributed by atoms with E-state index >= 15 is 0 Å². The first-order valence-corrected chi connectivity index (χ1v) is 9.46. The summed E-state index contributed by atoms with van der Waals surface area (Å²) >= 11 is 0. The van der Waals surface area contributed by atoms with Crippen molar-refractivity contribution in [3.63, 3.8) is 0 Å². The second kappa shape index (κ2) is 9.84. The number of benzene rings is 2. The third-order valence-electron chi connectivity index (χ3n) is 4.52. The summed E-state index contributed by atoms with van der Waals surface area (Å²) in [6.45, 7) is 2.02. The van der Waals surface area contributed by atoms with E-state index in [0.29, 0.717) is 5.69 Å². The summed E-state index contributed by atoms with van der Waals surface area (Å²) in [6, 6.07) is 16.1. The normalized spacial score (nSPS) is 11.6. The minimum atomic E-state index is -0.885. The van der Waals surface area contributed by atoms with Gasteiger partial charge < -0.3 is 24.2 Å². The van der Waals surface area contributed by atoms with E-state index in [-0.39, 0.29) is 24.4 Å². The average molecular weight is 411 g/mol. The number of ether oxygens (including phenoxy) is 3. The van der Waals surface area contributed by atoms with Crippen molar-refractivity contribution in [2.75, 3.05) is 14.2 Å². The average Bonchev–Trinajstić information content (AvgIpc) is 2.77. The van der Waals surface area contributed by atoms with Crippen LogP contribution in [0, 0.1) is 0 Å². The number of hydrogen-bond donors (Lipinski definition) is 1. The summed E-state index contributed by atoms with van der Waals surface area (Å²) in [6.07, 6.45) is 0.571. The highest BCUT2D eigenvalue weighted by molar-refractivity contribution is 5.28. The Labute approximate surface area is 175 Å². The first-order valence-electron chi connectivity index (χ1n) is 9.46. The van der Waals surface area contributed by atoms with Crippen LogP contribution in [-0.2, 0) is 13.2 Å². The standard InChI is InChI=1S/C23H25NO6/c1-16(25)21-12-22(26)23(29-14-17-4-8-19(27-2)9-5-17)13-24(21)30-15-18-6-10-20(28-3)11-7-18/h4-13,16,25H,14-15H2,1-3H3. The Morgan fingerprint density at radius 1 is 0.900 bits per heavy atom. The summed E-state index contributed by atoms with van der Waals surface area (Å²) in [5.74, 6) is 1.63. The van der Waals surface area contributed by atoms with Crippen LogP contribution >= 0.6 is 0 Å². The van der Waals surface area contributed by atoms with Gasteiger partial charge in [-0.2, -0.15) is 4.73 Å². The first-order chi connectivity index (χ1) is 14.5. The van der Waals surface area contributed by atoms with Gasteiger partial charge in [0.25, 0.3) is 0 Å². The molecule has 0 spiro atoms. The molecule has 3 rings (SSSR count). The van der Waals surface area contributed by atoms with Crippen LogP contribution in [0.25, 0.3) is 0 Å². The number of aliphatic hydroxyl groups excluding tert-OH is 1. The second-order valence-corrected chi connectivity index (χ2v) is 6.69. The van der Waals surface area contributed by atoms with Crippen molar-refractivity contribution < 1.29 is 24.2 Å². The molecule has 1 aromatic heterocycles. The van der Waals surface area contributed by atoms with Crippen LogP contribution in [0.15, 0.2) is 65.6 Å². The Bertz CT molecular complexity index is 1010. The smallest absolute Gasteiger partial charge is 0.224 e. The van der Waals surface area contributed by atoms with Gasteiger partial charge in [0.2, 0.25) is 5.43 Å². The third kappa shape index (κ3) is 5.33. The zero-order valence-electron chi connectivity index (χ0n) is 17.2.